The molecular formula is C20H25NO3. The smallest absolute Gasteiger partial charge is 0.260 e. The Balaban J connectivity index is 1.96. The molecule has 4 heteroatoms. The number of carbonyl (C=O) groups excluding carboxylic acids is 1. The van der Waals surface area contributed by atoms with E-state index in [0.717, 1.165) is 16.7 Å². The largest absolute Gasteiger partial charge is 0.481 e. The van der Waals surface area contributed by atoms with E-state index in [2.05, 4.69) is 5.32 Å². The van der Waals surface area contributed by atoms with Gasteiger partial charge in [-0.3, -0.25) is 4.79 Å². The van der Waals surface area contributed by atoms with E-state index >= 15 is 0 Å². The summed E-state index contributed by atoms with van der Waals surface area (Å²) >= 11 is 0. The zero-order valence-electron chi connectivity index (χ0n) is 14.7. The molecule has 0 aliphatic rings. The van der Waals surface area contributed by atoms with E-state index in [-0.39, 0.29) is 12.5 Å². The molecule has 2 atom stereocenters. The number of benzene rings is 2. The van der Waals surface area contributed by atoms with Gasteiger partial charge in [0, 0.05) is 0 Å². The van der Waals surface area contributed by atoms with Crippen LogP contribution in [-0.4, -0.2) is 23.7 Å². The van der Waals surface area contributed by atoms with Gasteiger partial charge in [-0.2, -0.15) is 0 Å². The van der Waals surface area contributed by atoms with Crippen molar-refractivity contribution in [1.82, 2.24) is 5.32 Å². The fourth-order valence-corrected chi connectivity index (χ4v) is 2.40. The maximum Gasteiger partial charge on any atom is 0.260 e. The Bertz CT molecular complexity index is 695. The quantitative estimate of drug-likeness (QED) is 0.857. The van der Waals surface area contributed by atoms with Gasteiger partial charge >= 0.3 is 0 Å². The van der Waals surface area contributed by atoms with Crippen molar-refractivity contribution in [3.05, 3.63) is 65.2 Å². The maximum atomic E-state index is 12.3. The molecule has 2 N–H and O–H groups in total. The lowest BCUT2D eigenvalue weighted by Gasteiger charge is -2.25. The molecule has 0 saturated heterocycles. The van der Waals surface area contributed by atoms with Crippen molar-refractivity contribution in [2.45, 2.75) is 39.4 Å². The molecule has 0 bridgehead atoms. The first-order valence-electron chi connectivity index (χ1n) is 8.10. The summed E-state index contributed by atoms with van der Waals surface area (Å²) in [5.74, 6) is 0.444. The molecule has 24 heavy (non-hydrogen) atoms. The second-order valence-electron chi connectivity index (χ2n) is 6.32. The molecule has 0 aromatic heterocycles. The zero-order chi connectivity index (χ0) is 17.7. The van der Waals surface area contributed by atoms with Gasteiger partial charge in [0.25, 0.3) is 5.91 Å². The van der Waals surface area contributed by atoms with Gasteiger partial charge in [0.15, 0.2) is 6.10 Å². The van der Waals surface area contributed by atoms with E-state index in [4.69, 9.17) is 4.74 Å². The normalized spacial score (nSPS) is 14.5. The molecule has 2 rings (SSSR count). The predicted octanol–water partition coefficient (Wildman–Crippen LogP) is 3.09. The summed E-state index contributed by atoms with van der Waals surface area (Å²) in [6, 6.07) is 15.0. The molecule has 1 amide bonds. The van der Waals surface area contributed by atoms with Crippen molar-refractivity contribution in [2.24, 2.45) is 0 Å². The summed E-state index contributed by atoms with van der Waals surface area (Å²) in [7, 11) is 0. The van der Waals surface area contributed by atoms with Gasteiger partial charge in [0.1, 0.15) is 11.4 Å². The molecule has 4 nitrogen and oxygen atoms in total. The van der Waals surface area contributed by atoms with Crippen LogP contribution in [0.3, 0.4) is 0 Å². The van der Waals surface area contributed by atoms with Crippen LogP contribution in [0.2, 0.25) is 0 Å². The van der Waals surface area contributed by atoms with Crippen LogP contribution in [-0.2, 0) is 10.4 Å². The average molecular weight is 327 g/mol. The predicted molar refractivity (Wildman–Crippen MR) is 95.0 cm³/mol. The van der Waals surface area contributed by atoms with Crippen LogP contribution < -0.4 is 10.1 Å². The number of rotatable bonds is 6. The van der Waals surface area contributed by atoms with Crippen LogP contribution in [0.5, 0.6) is 5.75 Å². The molecule has 0 aliphatic carbocycles. The molecule has 0 radical (unpaired) electrons. The van der Waals surface area contributed by atoms with Gasteiger partial charge in [0.05, 0.1) is 6.54 Å². The summed E-state index contributed by atoms with van der Waals surface area (Å²) in [5.41, 5.74) is 1.77. The molecule has 0 unspecified atom stereocenters. The third-order valence-corrected chi connectivity index (χ3v) is 4.23. The summed E-state index contributed by atoms with van der Waals surface area (Å²) in [4.78, 5) is 12.3. The fraction of sp³-hybridized carbons (Fsp3) is 0.350. The van der Waals surface area contributed by atoms with Crippen LogP contribution in [0.1, 0.15) is 30.5 Å². The lowest BCUT2D eigenvalue weighted by atomic mass is 9.96. The number of amides is 1. The Kier molecular flexibility index (Phi) is 5.62. The van der Waals surface area contributed by atoms with E-state index in [9.17, 15) is 9.90 Å². The summed E-state index contributed by atoms with van der Waals surface area (Å²) in [6.45, 7) is 7.48. The van der Waals surface area contributed by atoms with Crippen molar-refractivity contribution in [3.8, 4) is 5.75 Å². The van der Waals surface area contributed by atoms with E-state index < -0.39 is 11.7 Å². The monoisotopic (exact) mass is 327 g/mol. The van der Waals surface area contributed by atoms with E-state index in [0.29, 0.717) is 5.75 Å². The van der Waals surface area contributed by atoms with Crippen molar-refractivity contribution in [3.63, 3.8) is 0 Å². The molecular weight excluding hydrogens is 302 g/mol. The van der Waals surface area contributed by atoms with Crippen molar-refractivity contribution in [1.29, 1.82) is 0 Å². The molecule has 0 fully saturated rings. The highest BCUT2D eigenvalue weighted by Crippen LogP contribution is 2.22. The molecule has 128 valence electrons. The van der Waals surface area contributed by atoms with Crippen molar-refractivity contribution in [2.75, 3.05) is 6.54 Å². The van der Waals surface area contributed by atoms with Crippen LogP contribution in [0.15, 0.2) is 48.5 Å². The minimum atomic E-state index is -1.13. The summed E-state index contributed by atoms with van der Waals surface area (Å²) in [6.07, 6.45) is -0.642. The van der Waals surface area contributed by atoms with Gasteiger partial charge in [-0.1, -0.05) is 42.5 Å². The first-order valence-corrected chi connectivity index (χ1v) is 8.10. The first-order chi connectivity index (χ1) is 11.3. The van der Waals surface area contributed by atoms with Gasteiger partial charge in [-0.25, -0.2) is 0 Å². The molecule has 0 aliphatic heterocycles. The maximum absolute atomic E-state index is 12.3. The first kappa shape index (κ1) is 18.0. The highest BCUT2D eigenvalue weighted by atomic mass is 16.5. The van der Waals surface area contributed by atoms with E-state index in [1.165, 1.54) is 0 Å². The Morgan fingerprint density at radius 3 is 2.50 bits per heavy atom. The third kappa shape index (κ3) is 4.36. The number of aliphatic hydroxyl groups is 1. The van der Waals surface area contributed by atoms with Crippen molar-refractivity contribution >= 4 is 5.91 Å². The molecule has 2 aromatic rings. The van der Waals surface area contributed by atoms with Gasteiger partial charge in [-0.05, 0) is 50.5 Å². The number of carbonyl (C=O) groups is 1. The molecule has 0 saturated carbocycles. The van der Waals surface area contributed by atoms with Crippen LogP contribution in [0.25, 0.3) is 0 Å². The van der Waals surface area contributed by atoms with Gasteiger partial charge in [-0.15, -0.1) is 0 Å². The van der Waals surface area contributed by atoms with E-state index in [1.807, 2.05) is 62.4 Å². The Hall–Kier alpha value is -2.33. The SMILES string of the molecule is Cc1cccc(O[C@H](C)C(=O)NC[C@](C)(O)c2ccccc2)c1C. The zero-order valence-corrected chi connectivity index (χ0v) is 14.7. The fourth-order valence-electron chi connectivity index (χ4n) is 2.40. The number of ether oxygens (including phenoxy) is 1. The molecule has 0 spiro atoms. The minimum absolute atomic E-state index is 0.121. The summed E-state index contributed by atoms with van der Waals surface area (Å²) < 4.78 is 5.76. The third-order valence-electron chi connectivity index (χ3n) is 4.23. The Morgan fingerprint density at radius 1 is 1.17 bits per heavy atom. The second kappa shape index (κ2) is 7.49. The number of hydrogen-bond donors (Lipinski definition) is 2. The number of aryl methyl sites for hydroxylation is 1. The lowest BCUT2D eigenvalue weighted by molar-refractivity contribution is -0.128. The van der Waals surface area contributed by atoms with Gasteiger partial charge < -0.3 is 15.2 Å². The Labute approximate surface area is 143 Å². The highest BCUT2D eigenvalue weighted by Gasteiger charge is 2.25. The number of nitrogens with one attached hydrogen (secondary N) is 1. The standard InChI is InChI=1S/C20H25NO3/c1-14-9-8-12-18(15(14)2)24-16(3)19(22)21-13-20(4,23)17-10-6-5-7-11-17/h5-12,16,23H,13H2,1-4H3,(H,21,22)/t16-,20+/m1/s1. The lowest BCUT2D eigenvalue weighted by Crippen LogP contribution is -2.43. The number of hydrogen-bond acceptors (Lipinski definition) is 3. The van der Waals surface area contributed by atoms with Crippen LogP contribution >= 0.6 is 0 Å². The molecule has 2 aromatic carbocycles. The topological polar surface area (TPSA) is 58.6 Å². The highest BCUT2D eigenvalue weighted by molar-refractivity contribution is 5.80. The second-order valence-corrected chi connectivity index (χ2v) is 6.32. The molecule has 0 heterocycles. The summed E-state index contributed by atoms with van der Waals surface area (Å²) in [5, 5.41) is 13.3. The van der Waals surface area contributed by atoms with Crippen LogP contribution in [0, 0.1) is 13.8 Å². The minimum Gasteiger partial charge on any atom is -0.481 e. The van der Waals surface area contributed by atoms with E-state index in [1.54, 1.807) is 13.8 Å². The Morgan fingerprint density at radius 2 is 1.83 bits per heavy atom. The van der Waals surface area contributed by atoms with Crippen molar-refractivity contribution < 1.29 is 14.6 Å². The van der Waals surface area contributed by atoms with Crippen LogP contribution in [0.4, 0.5) is 0 Å². The van der Waals surface area contributed by atoms with Gasteiger partial charge in [0.2, 0.25) is 0 Å². The average Bonchev–Trinajstić information content (AvgIpc) is 2.57.